The molecule has 0 radical (unpaired) electrons. The first kappa shape index (κ1) is 12.0. The number of nitrogens with one attached hydrogen (secondary N) is 2. The molecule has 2 N–H and O–H groups in total. The highest BCUT2D eigenvalue weighted by Crippen LogP contribution is 2.08. The van der Waals surface area contributed by atoms with Crippen molar-refractivity contribution >= 4 is 11.7 Å². The number of pyridine rings is 1. The number of aromatic amines is 1. The lowest BCUT2D eigenvalue weighted by molar-refractivity contribution is 0.0594. The normalized spacial score (nSPS) is 10.1. The smallest absolute Gasteiger partial charge is 0.356 e. The van der Waals surface area contributed by atoms with Gasteiger partial charge < -0.3 is 10.1 Å². The van der Waals surface area contributed by atoms with Crippen LogP contribution in [-0.2, 0) is 11.2 Å². The zero-order valence-electron chi connectivity index (χ0n) is 9.88. The van der Waals surface area contributed by atoms with Gasteiger partial charge in [-0.25, -0.2) is 14.8 Å². The van der Waals surface area contributed by atoms with Gasteiger partial charge in [-0.3, -0.25) is 5.10 Å². The van der Waals surface area contributed by atoms with Crippen LogP contribution in [0.4, 0.5) is 5.69 Å². The van der Waals surface area contributed by atoms with Crippen molar-refractivity contribution in [2.24, 2.45) is 0 Å². The van der Waals surface area contributed by atoms with E-state index in [1.54, 1.807) is 18.3 Å². The zero-order valence-corrected chi connectivity index (χ0v) is 9.88. The lowest BCUT2D eigenvalue weighted by atomic mass is 10.3. The molecule has 0 atom stereocenters. The van der Waals surface area contributed by atoms with E-state index in [4.69, 9.17) is 0 Å². The summed E-state index contributed by atoms with van der Waals surface area (Å²) < 4.78 is 4.60. The number of aromatic nitrogens is 4. The largest absolute Gasteiger partial charge is 0.464 e. The van der Waals surface area contributed by atoms with Crippen LogP contribution in [-0.4, -0.2) is 39.8 Å². The average Bonchev–Trinajstić information content (AvgIpc) is 2.91. The number of esters is 1. The van der Waals surface area contributed by atoms with Gasteiger partial charge in [-0.05, 0) is 12.1 Å². The Bertz CT molecular complexity index is 512. The highest BCUT2D eigenvalue weighted by Gasteiger charge is 2.07. The Balaban J connectivity index is 1.91. The molecule has 7 nitrogen and oxygen atoms in total. The molecule has 2 aromatic rings. The van der Waals surface area contributed by atoms with Crippen LogP contribution in [0.2, 0.25) is 0 Å². The number of methoxy groups -OCH3 is 1. The van der Waals surface area contributed by atoms with Crippen LogP contribution in [0.5, 0.6) is 0 Å². The van der Waals surface area contributed by atoms with Crippen LogP contribution >= 0.6 is 0 Å². The quantitative estimate of drug-likeness (QED) is 0.753. The van der Waals surface area contributed by atoms with Crippen molar-refractivity contribution in [2.75, 3.05) is 19.0 Å². The van der Waals surface area contributed by atoms with Gasteiger partial charge in [0.05, 0.1) is 7.11 Å². The van der Waals surface area contributed by atoms with E-state index in [1.165, 1.54) is 13.4 Å². The molecule has 0 spiro atoms. The van der Waals surface area contributed by atoms with Crippen LogP contribution in [0.25, 0.3) is 0 Å². The number of ether oxygens (including phenoxy) is 1. The Kier molecular flexibility index (Phi) is 3.85. The monoisotopic (exact) mass is 247 g/mol. The molecule has 0 saturated heterocycles. The molecule has 0 unspecified atom stereocenters. The predicted molar refractivity (Wildman–Crippen MR) is 64.2 cm³/mol. The Morgan fingerprint density at radius 1 is 1.50 bits per heavy atom. The summed E-state index contributed by atoms with van der Waals surface area (Å²) >= 11 is 0. The van der Waals surface area contributed by atoms with Crippen molar-refractivity contribution in [1.82, 2.24) is 20.2 Å². The first-order valence-corrected chi connectivity index (χ1v) is 5.42. The molecule has 0 bridgehead atoms. The van der Waals surface area contributed by atoms with Gasteiger partial charge in [0.1, 0.15) is 17.8 Å². The Morgan fingerprint density at radius 3 is 3.11 bits per heavy atom. The van der Waals surface area contributed by atoms with Crippen molar-refractivity contribution in [3.8, 4) is 0 Å². The molecule has 7 heteroatoms. The first-order valence-electron chi connectivity index (χ1n) is 5.42. The second kappa shape index (κ2) is 5.76. The van der Waals surface area contributed by atoms with Gasteiger partial charge in [0.2, 0.25) is 0 Å². The van der Waals surface area contributed by atoms with Crippen LogP contribution in [0.1, 0.15) is 16.3 Å². The molecular weight excluding hydrogens is 234 g/mol. The van der Waals surface area contributed by atoms with Crippen molar-refractivity contribution < 1.29 is 9.53 Å². The fraction of sp³-hybridized carbons (Fsp3) is 0.273. The number of rotatable bonds is 5. The van der Waals surface area contributed by atoms with Gasteiger partial charge in [0, 0.05) is 24.8 Å². The summed E-state index contributed by atoms with van der Waals surface area (Å²) in [6.45, 7) is 0.680. The van der Waals surface area contributed by atoms with Crippen molar-refractivity contribution in [3.05, 3.63) is 36.2 Å². The van der Waals surface area contributed by atoms with E-state index in [2.05, 4.69) is 30.2 Å². The standard InChI is InChI=1S/C11H13N5O2/c1-18-11(17)9-6-8(2-4-13-9)12-5-3-10-14-7-15-16-10/h2,4,6-7H,3,5H2,1H3,(H,12,13)(H,14,15,16). The number of carbonyl (C=O) groups excluding carboxylic acids is 1. The van der Waals surface area contributed by atoms with Crippen LogP contribution < -0.4 is 5.32 Å². The molecule has 2 heterocycles. The molecule has 18 heavy (non-hydrogen) atoms. The highest BCUT2D eigenvalue weighted by atomic mass is 16.5. The van der Waals surface area contributed by atoms with Crippen molar-refractivity contribution in [2.45, 2.75) is 6.42 Å². The summed E-state index contributed by atoms with van der Waals surface area (Å²) in [5.74, 6) is 0.360. The van der Waals surface area contributed by atoms with Crippen LogP contribution in [0.3, 0.4) is 0 Å². The lowest BCUT2D eigenvalue weighted by Gasteiger charge is -2.06. The molecule has 0 fully saturated rings. The molecule has 0 amide bonds. The van der Waals surface area contributed by atoms with Crippen LogP contribution in [0.15, 0.2) is 24.7 Å². The number of nitrogens with zero attached hydrogens (tertiary/aromatic N) is 3. The maximum Gasteiger partial charge on any atom is 0.356 e. The molecule has 0 aromatic carbocycles. The summed E-state index contributed by atoms with van der Waals surface area (Å²) in [6.07, 6.45) is 3.75. The van der Waals surface area contributed by atoms with Gasteiger partial charge in [-0.1, -0.05) is 0 Å². The second-order valence-corrected chi connectivity index (χ2v) is 3.53. The second-order valence-electron chi connectivity index (χ2n) is 3.53. The third-order valence-corrected chi connectivity index (χ3v) is 2.31. The maximum absolute atomic E-state index is 11.3. The minimum absolute atomic E-state index is 0.280. The minimum atomic E-state index is -0.450. The number of hydrogen-bond acceptors (Lipinski definition) is 6. The predicted octanol–water partition coefficient (Wildman–Crippen LogP) is 0.641. The highest BCUT2D eigenvalue weighted by molar-refractivity contribution is 5.88. The SMILES string of the molecule is COC(=O)c1cc(NCCc2ncn[nH]2)ccn1. The number of carbonyl (C=O) groups is 1. The topological polar surface area (TPSA) is 92.8 Å². The van der Waals surface area contributed by atoms with E-state index in [1.807, 2.05) is 0 Å². The Hall–Kier alpha value is -2.44. The lowest BCUT2D eigenvalue weighted by Crippen LogP contribution is -2.08. The first-order chi connectivity index (χ1) is 8.79. The summed E-state index contributed by atoms with van der Waals surface area (Å²) in [5.41, 5.74) is 1.09. The van der Waals surface area contributed by atoms with Crippen molar-refractivity contribution in [3.63, 3.8) is 0 Å². The fourth-order valence-corrected chi connectivity index (χ4v) is 1.43. The Morgan fingerprint density at radius 2 is 2.39 bits per heavy atom. The van der Waals surface area contributed by atoms with Crippen molar-refractivity contribution in [1.29, 1.82) is 0 Å². The van der Waals surface area contributed by atoms with E-state index < -0.39 is 5.97 Å². The molecule has 2 aromatic heterocycles. The average molecular weight is 247 g/mol. The van der Waals surface area contributed by atoms with Gasteiger partial charge in [-0.15, -0.1) is 0 Å². The summed E-state index contributed by atoms with van der Waals surface area (Å²) in [6, 6.07) is 3.43. The van der Waals surface area contributed by atoms with E-state index in [0.29, 0.717) is 6.54 Å². The summed E-state index contributed by atoms with van der Waals surface area (Å²) in [7, 11) is 1.33. The molecule has 0 saturated carbocycles. The summed E-state index contributed by atoms with van der Waals surface area (Å²) in [5, 5.41) is 9.70. The molecule has 2 rings (SSSR count). The van der Waals surface area contributed by atoms with E-state index >= 15 is 0 Å². The molecule has 0 aliphatic rings. The number of anilines is 1. The number of hydrogen-bond donors (Lipinski definition) is 2. The molecule has 0 aliphatic heterocycles. The molecule has 0 aliphatic carbocycles. The Labute approximate surface area is 104 Å². The zero-order chi connectivity index (χ0) is 12.8. The van der Waals surface area contributed by atoms with E-state index in [-0.39, 0.29) is 5.69 Å². The fourth-order valence-electron chi connectivity index (χ4n) is 1.43. The molecule has 94 valence electrons. The van der Waals surface area contributed by atoms with Gasteiger partial charge >= 0.3 is 5.97 Å². The van der Waals surface area contributed by atoms with E-state index in [0.717, 1.165) is 17.9 Å². The maximum atomic E-state index is 11.3. The minimum Gasteiger partial charge on any atom is -0.464 e. The van der Waals surface area contributed by atoms with Gasteiger partial charge in [-0.2, -0.15) is 5.10 Å². The van der Waals surface area contributed by atoms with E-state index in [9.17, 15) is 4.79 Å². The molecular formula is C11H13N5O2. The third-order valence-electron chi connectivity index (χ3n) is 2.31. The third kappa shape index (κ3) is 3.03. The summed E-state index contributed by atoms with van der Waals surface area (Å²) in [4.78, 5) is 19.2. The van der Waals surface area contributed by atoms with Gasteiger partial charge in [0.15, 0.2) is 0 Å². The van der Waals surface area contributed by atoms with Gasteiger partial charge in [0.25, 0.3) is 0 Å². The number of H-pyrrole nitrogens is 1. The van der Waals surface area contributed by atoms with Crippen LogP contribution in [0, 0.1) is 0 Å².